The topological polar surface area (TPSA) is 134 Å². The van der Waals surface area contributed by atoms with E-state index in [9.17, 15) is 23.6 Å². The minimum atomic E-state index is -3.85. The highest BCUT2D eigenvalue weighted by atomic mass is 32.2. The van der Waals surface area contributed by atoms with Crippen LogP contribution in [0.25, 0.3) is 0 Å². The van der Waals surface area contributed by atoms with Gasteiger partial charge in [-0.2, -0.15) is 9.41 Å². The number of nitro benzene ring substituents is 1. The van der Waals surface area contributed by atoms with Crippen LogP contribution in [-0.2, 0) is 14.8 Å². The Morgan fingerprint density at radius 3 is 2.64 bits per heavy atom. The summed E-state index contributed by atoms with van der Waals surface area (Å²) in [4.78, 5) is 10.6. The van der Waals surface area contributed by atoms with Gasteiger partial charge in [-0.25, -0.2) is 8.42 Å². The number of nitrogens with zero attached hydrogens (tertiary/aromatic N) is 3. The number of hydrogen-bond donors (Lipinski definition) is 2. The smallest absolute Gasteiger partial charge is 0.295 e. The number of ether oxygens (including phenoxy) is 1. The number of phenols is 1. The van der Waals surface area contributed by atoms with Crippen molar-refractivity contribution in [1.82, 2.24) is 4.31 Å². The van der Waals surface area contributed by atoms with E-state index in [1.54, 1.807) is 12.1 Å². The molecule has 0 saturated carbocycles. The summed E-state index contributed by atoms with van der Waals surface area (Å²) < 4.78 is 31.7. The molecule has 28 heavy (non-hydrogen) atoms. The summed E-state index contributed by atoms with van der Waals surface area (Å²) in [5, 5.41) is 24.7. The van der Waals surface area contributed by atoms with Gasteiger partial charge in [-0.3, -0.25) is 15.5 Å². The Kier molecular flexibility index (Phi) is 5.87. The first kappa shape index (κ1) is 19.7. The molecule has 0 aromatic heterocycles. The molecular weight excluding hydrogens is 388 g/mol. The number of morpholine rings is 1. The average molecular weight is 406 g/mol. The normalized spacial score (nSPS) is 15.6. The van der Waals surface area contributed by atoms with Crippen molar-refractivity contribution in [3.05, 3.63) is 58.1 Å². The van der Waals surface area contributed by atoms with Crippen LogP contribution < -0.4 is 5.43 Å². The molecule has 0 amide bonds. The van der Waals surface area contributed by atoms with Crippen LogP contribution in [0.15, 0.2) is 52.5 Å². The molecule has 1 saturated heterocycles. The molecule has 1 aliphatic heterocycles. The van der Waals surface area contributed by atoms with E-state index in [0.29, 0.717) is 5.56 Å². The van der Waals surface area contributed by atoms with Crippen molar-refractivity contribution < 1.29 is 23.2 Å². The summed E-state index contributed by atoms with van der Waals surface area (Å²) in [5.74, 6) is 0.0626. The van der Waals surface area contributed by atoms with Gasteiger partial charge in [-0.1, -0.05) is 12.1 Å². The molecule has 0 aliphatic carbocycles. The van der Waals surface area contributed by atoms with E-state index in [4.69, 9.17) is 4.74 Å². The van der Waals surface area contributed by atoms with Gasteiger partial charge in [0, 0.05) is 19.2 Å². The fourth-order valence-electron chi connectivity index (χ4n) is 2.63. The summed E-state index contributed by atoms with van der Waals surface area (Å²) in [6.45, 7) is 0.962. The van der Waals surface area contributed by atoms with Crippen LogP contribution in [0.4, 0.5) is 11.4 Å². The molecule has 3 rings (SSSR count). The van der Waals surface area contributed by atoms with Crippen molar-refractivity contribution in [3.8, 4) is 5.75 Å². The van der Waals surface area contributed by atoms with Gasteiger partial charge in [-0.05, 0) is 29.8 Å². The molecule has 0 atom stereocenters. The van der Waals surface area contributed by atoms with Gasteiger partial charge >= 0.3 is 0 Å². The lowest BCUT2D eigenvalue weighted by Gasteiger charge is -2.26. The van der Waals surface area contributed by atoms with Gasteiger partial charge in [0.15, 0.2) is 0 Å². The van der Waals surface area contributed by atoms with Crippen molar-refractivity contribution in [2.45, 2.75) is 4.90 Å². The summed E-state index contributed by atoms with van der Waals surface area (Å²) in [6, 6.07) is 9.90. The molecule has 2 N–H and O–H groups in total. The summed E-state index contributed by atoms with van der Waals surface area (Å²) in [5.41, 5.74) is 2.75. The largest absolute Gasteiger partial charge is 0.508 e. The zero-order chi connectivity index (χ0) is 20.1. The summed E-state index contributed by atoms with van der Waals surface area (Å²) in [7, 11) is -3.85. The lowest BCUT2D eigenvalue weighted by Crippen LogP contribution is -2.40. The Morgan fingerprint density at radius 2 is 1.96 bits per heavy atom. The third kappa shape index (κ3) is 4.44. The van der Waals surface area contributed by atoms with E-state index >= 15 is 0 Å². The van der Waals surface area contributed by atoms with Crippen LogP contribution in [0.1, 0.15) is 5.56 Å². The monoisotopic (exact) mass is 406 g/mol. The molecule has 0 bridgehead atoms. The Hall–Kier alpha value is -3.02. The van der Waals surface area contributed by atoms with Gasteiger partial charge in [0.05, 0.1) is 29.2 Å². The molecule has 1 fully saturated rings. The Balaban J connectivity index is 1.84. The number of benzene rings is 2. The maximum absolute atomic E-state index is 12.7. The molecule has 2 aromatic carbocycles. The van der Waals surface area contributed by atoms with Crippen LogP contribution in [-0.4, -0.2) is 55.3 Å². The van der Waals surface area contributed by atoms with Crippen molar-refractivity contribution in [3.63, 3.8) is 0 Å². The van der Waals surface area contributed by atoms with Gasteiger partial charge in [0.25, 0.3) is 5.69 Å². The predicted octanol–water partition coefficient (Wildman–Crippen LogP) is 1.77. The van der Waals surface area contributed by atoms with E-state index in [1.807, 2.05) is 0 Å². The van der Waals surface area contributed by atoms with Crippen molar-refractivity contribution in [2.75, 3.05) is 31.7 Å². The molecule has 1 aliphatic rings. The van der Waals surface area contributed by atoms with E-state index in [-0.39, 0.29) is 42.6 Å². The van der Waals surface area contributed by atoms with E-state index in [1.165, 1.54) is 34.8 Å². The first-order valence-electron chi connectivity index (χ1n) is 8.32. The second-order valence-corrected chi connectivity index (χ2v) is 7.86. The third-order valence-corrected chi connectivity index (χ3v) is 5.94. The van der Waals surface area contributed by atoms with E-state index < -0.39 is 20.6 Å². The van der Waals surface area contributed by atoms with E-state index in [0.717, 1.165) is 6.07 Å². The fraction of sp³-hybridized carbons (Fsp3) is 0.235. The second-order valence-electron chi connectivity index (χ2n) is 5.92. The van der Waals surface area contributed by atoms with Crippen molar-refractivity contribution in [1.29, 1.82) is 0 Å². The lowest BCUT2D eigenvalue weighted by molar-refractivity contribution is -0.384. The highest BCUT2D eigenvalue weighted by Crippen LogP contribution is 2.29. The standard InChI is InChI=1S/C17H18N4O6S/c22-14-3-1-2-13(10-14)12-18-19-16-5-4-15(11-17(16)21(23)24)28(25,26)20-6-8-27-9-7-20/h1-5,10-12,19,22H,6-9H2/b18-12+. The first-order chi connectivity index (χ1) is 13.4. The first-order valence-corrected chi connectivity index (χ1v) is 9.76. The van der Waals surface area contributed by atoms with Crippen molar-refractivity contribution in [2.24, 2.45) is 5.10 Å². The maximum atomic E-state index is 12.7. The zero-order valence-corrected chi connectivity index (χ0v) is 15.5. The number of aromatic hydroxyl groups is 1. The minimum absolute atomic E-state index is 0.0438. The van der Waals surface area contributed by atoms with Crippen LogP contribution >= 0.6 is 0 Å². The van der Waals surface area contributed by atoms with Crippen LogP contribution in [0.3, 0.4) is 0 Å². The van der Waals surface area contributed by atoms with Gasteiger partial charge < -0.3 is 9.84 Å². The van der Waals surface area contributed by atoms with E-state index in [2.05, 4.69) is 10.5 Å². The molecule has 11 heteroatoms. The molecule has 0 spiro atoms. The van der Waals surface area contributed by atoms with Gasteiger partial charge in [0.1, 0.15) is 11.4 Å². The molecule has 148 valence electrons. The molecule has 2 aromatic rings. The molecule has 1 heterocycles. The van der Waals surface area contributed by atoms with Gasteiger partial charge in [0.2, 0.25) is 10.0 Å². The Labute approximate surface area is 161 Å². The Morgan fingerprint density at radius 1 is 1.21 bits per heavy atom. The third-order valence-electron chi connectivity index (χ3n) is 4.04. The molecule has 0 unspecified atom stereocenters. The van der Waals surface area contributed by atoms with Crippen LogP contribution in [0.5, 0.6) is 5.75 Å². The number of anilines is 1. The number of sulfonamides is 1. The number of hydrazone groups is 1. The molecule has 0 radical (unpaired) electrons. The van der Waals surface area contributed by atoms with Crippen molar-refractivity contribution >= 4 is 27.6 Å². The average Bonchev–Trinajstić information content (AvgIpc) is 2.68. The SMILES string of the molecule is O=[N+]([O-])c1cc(S(=O)(=O)N2CCOCC2)ccc1N/N=C/c1cccc(O)c1. The Bertz CT molecular complexity index is 1000. The number of rotatable bonds is 6. The van der Waals surface area contributed by atoms with Crippen LogP contribution in [0.2, 0.25) is 0 Å². The number of nitro groups is 1. The molecule has 10 nitrogen and oxygen atoms in total. The lowest BCUT2D eigenvalue weighted by atomic mass is 10.2. The summed E-state index contributed by atoms with van der Waals surface area (Å²) >= 11 is 0. The summed E-state index contributed by atoms with van der Waals surface area (Å²) in [6.07, 6.45) is 1.38. The minimum Gasteiger partial charge on any atom is -0.508 e. The fourth-order valence-corrected chi connectivity index (χ4v) is 4.06. The quantitative estimate of drug-likeness (QED) is 0.424. The number of phenolic OH excluding ortho intramolecular Hbond substituents is 1. The highest BCUT2D eigenvalue weighted by Gasteiger charge is 2.28. The predicted molar refractivity (Wildman–Crippen MR) is 102 cm³/mol. The second kappa shape index (κ2) is 8.33. The zero-order valence-electron chi connectivity index (χ0n) is 14.7. The number of nitrogens with one attached hydrogen (secondary N) is 1. The van der Waals surface area contributed by atoms with Gasteiger partial charge in [-0.15, -0.1) is 0 Å². The molecular formula is C17H18N4O6S. The van der Waals surface area contributed by atoms with Crippen LogP contribution in [0, 0.1) is 10.1 Å². The maximum Gasteiger partial charge on any atom is 0.295 e. The highest BCUT2D eigenvalue weighted by molar-refractivity contribution is 7.89. The number of hydrogen-bond acceptors (Lipinski definition) is 8.